The second-order valence-corrected chi connectivity index (χ2v) is 22.4. The van der Waals surface area contributed by atoms with Crippen LogP contribution in [0.2, 0.25) is 0 Å². The zero-order valence-electron chi connectivity index (χ0n) is 48.0. The van der Waals surface area contributed by atoms with Crippen molar-refractivity contribution in [1.82, 2.24) is 15.1 Å². The molecule has 4 aliphatic heterocycles. The van der Waals surface area contributed by atoms with Gasteiger partial charge in [0.2, 0.25) is 11.8 Å². The SMILES string of the molecule is C=C(C[C@@H](C)C(=O)Nc1cc(COc2cc3c(cc2C)C(=O)N2Cc4ccccc4C[C@H]2CN3C)cc(COc2cc3c(cc2OC)C(=O)N2Cc4ccccc4C[C@H]2CN3)c1)[C@H](C)NC(=O)CCCCC(=O)CCCCCN=CC. The summed E-state index contributed by atoms with van der Waals surface area (Å²) >= 11 is 0. The number of rotatable bonds is 24. The molecule has 426 valence electrons. The molecule has 9 rings (SSSR count). The molecule has 5 aromatic rings. The summed E-state index contributed by atoms with van der Waals surface area (Å²) in [6.07, 6.45) is 9.17. The van der Waals surface area contributed by atoms with Crippen LogP contribution < -0.4 is 35.1 Å². The molecule has 3 N–H and O–H groups in total. The van der Waals surface area contributed by atoms with Gasteiger partial charge in [0.1, 0.15) is 24.7 Å². The van der Waals surface area contributed by atoms with E-state index in [1.165, 1.54) is 16.7 Å². The Morgan fingerprint density at radius 2 is 1.37 bits per heavy atom. The molecular weight excluding hydrogens is 1020 g/mol. The topological polar surface area (TPSA) is 171 Å². The smallest absolute Gasteiger partial charge is 0.256 e. The number of carbonyl (C=O) groups excluding carboxylic acids is 5. The van der Waals surface area contributed by atoms with E-state index < -0.39 is 5.92 Å². The molecule has 0 aliphatic carbocycles. The van der Waals surface area contributed by atoms with Crippen LogP contribution in [0.25, 0.3) is 0 Å². The molecule has 0 spiro atoms. The third-order valence-corrected chi connectivity index (χ3v) is 16.4. The summed E-state index contributed by atoms with van der Waals surface area (Å²) in [5, 5.41) is 9.71. The minimum Gasteiger partial charge on any atom is -0.493 e. The molecule has 4 heterocycles. The van der Waals surface area contributed by atoms with Crippen molar-refractivity contribution < 1.29 is 38.2 Å². The fraction of sp³-hybridized carbons (Fsp3) is 0.424. The molecular formula is C66H79N7O8. The lowest BCUT2D eigenvalue weighted by atomic mass is 9.93. The minimum atomic E-state index is -0.494. The van der Waals surface area contributed by atoms with Gasteiger partial charge in [-0.1, -0.05) is 74.0 Å². The highest BCUT2D eigenvalue weighted by atomic mass is 16.5. The van der Waals surface area contributed by atoms with Crippen molar-refractivity contribution in [3.63, 3.8) is 0 Å². The average molecular weight is 1100 g/mol. The number of aryl methyl sites for hydroxylation is 1. The van der Waals surface area contributed by atoms with E-state index in [-0.39, 0.29) is 60.8 Å². The lowest BCUT2D eigenvalue weighted by Crippen LogP contribution is -2.47. The summed E-state index contributed by atoms with van der Waals surface area (Å²) < 4.78 is 19.1. The molecule has 15 nitrogen and oxygen atoms in total. The van der Waals surface area contributed by atoms with Gasteiger partial charge in [0.05, 0.1) is 41.7 Å². The normalized spacial score (nSPS) is 16.9. The van der Waals surface area contributed by atoms with Crippen molar-refractivity contribution in [2.24, 2.45) is 10.9 Å². The van der Waals surface area contributed by atoms with Crippen LogP contribution in [-0.4, -0.2) is 97.3 Å². The monoisotopic (exact) mass is 1100 g/mol. The molecule has 0 saturated heterocycles. The molecule has 81 heavy (non-hydrogen) atoms. The number of fused-ring (bicyclic) bond motifs is 6. The Balaban J connectivity index is 0.872. The van der Waals surface area contributed by atoms with E-state index in [1.807, 2.05) is 99.1 Å². The van der Waals surface area contributed by atoms with E-state index in [0.717, 1.165) is 72.2 Å². The first-order valence-corrected chi connectivity index (χ1v) is 28.9. The van der Waals surface area contributed by atoms with Crippen LogP contribution in [0, 0.1) is 12.8 Å². The first-order chi connectivity index (χ1) is 39.2. The number of methoxy groups -OCH3 is 1. The number of Topliss-reactive ketones (excluding diaryl/α,β-unsaturated/α-hetero) is 1. The molecule has 0 saturated carbocycles. The minimum absolute atomic E-state index is 0.0100. The number of ether oxygens (including phenoxy) is 3. The van der Waals surface area contributed by atoms with Gasteiger partial charge in [0.15, 0.2) is 11.5 Å². The summed E-state index contributed by atoms with van der Waals surface area (Å²) in [5.41, 5.74) is 11.1. The Morgan fingerprint density at radius 3 is 2.05 bits per heavy atom. The number of unbranched alkanes of at least 4 members (excludes halogenated alkanes) is 3. The van der Waals surface area contributed by atoms with Gasteiger partial charge in [-0.3, -0.25) is 29.0 Å². The number of hydrogen-bond donors (Lipinski definition) is 3. The number of nitrogens with one attached hydrogen (secondary N) is 3. The van der Waals surface area contributed by atoms with Crippen molar-refractivity contribution in [2.45, 2.75) is 143 Å². The lowest BCUT2D eigenvalue weighted by Gasteiger charge is -2.36. The van der Waals surface area contributed by atoms with Crippen LogP contribution in [0.1, 0.15) is 138 Å². The number of aliphatic imine (C=N–C) groups is 1. The van der Waals surface area contributed by atoms with Gasteiger partial charge >= 0.3 is 0 Å². The molecule has 0 bridgehead atoms. The second kappa shape index (κ2) is 26.6. The van der Waals surface area contributed by atoms with Gasteiger partial charge in [-0.05, 0) is 141 Å². The van der Waals surface area contributed by atoms with Crippen molar-refractivity contribution in [1.29, 1.82) is 0 Å². The summed E-state index contributed by atoms with van der Waals surface area (Å²) in [6, 6.07) is 29.5. The van der Waals surface area contributed by atoms with Crippen molar-refractivity contribution in [2.75, 3.05) is 49.3 Å². The first kappa shape index (κ1) is 57.7. The third-order valence-electron chi connectivity index (χ3n) is 16.4. The molecule has 4 atom stereocenters. The second-order valence-electron chi connectivity index (χ2n) is 22.4. The third kappa shape index (κ3) is 14.2. The van der Waals surface area contributed by atoms with Crippen LogP contribution in [0.15, 0.2) is 108 Å². The number of anilines is 3. The van der Waals surface area contributed by atoms with Crippen molar-refractivity contribution >= 4 is 52.7 Å². The number of hydrogen-bond acceptors (Lipinski definition) is 11. The maximum Gasteiger partial charge on any atom is 0.256 e. The summed E-state index contributed by atoms with van der Waals surface area (Å²) in [6.45, 7) is 15.2. The predicted octanol–water partition coefficient (Wildman–Crippen LogP) is 11.0. The standard InChI is InChI=1S/C66H79N7O8/c1-8-67-25-17-9-10-22-55(74)23-15-16-24-63(75)69-45(5)42(2)26-44(4)64(76)70-52-29-46(40-80-60-35-59-57(27-43(60)3)66(78)73-38-51-21-14-12-19-49(51)32-54(73)39-71(59)6)28-47(30-52)41-81-62-34-58-56(33-61(62)79-7)65(77)72-37-50-20-13-11-18-48(50)31-53(72)36-68-58/h8,11-14,18-21,27-30,33-35,44-45,53-54,68H,2,9-10,15-17,22-26,31-32,36-41H2,1,3-7H3,(H,69,75)(H,70,76)/t44-,45+,53+,54+/m1/s1. The molecule has 0 fully saturated rings. The average Bonchev–Trinajstić information content (AvgIpc) is 3.90. The van der Waals surface area contributed by atoms with Crippen LogP contribution in [0.3, 0.4) is 0 Å². The van der Waals surface area contributed by atoms with Crippen LogP contribution in [0.5, 0.6) is 17.2 Å². The highest BCUT2D eigenvalue weighted by Gasteiger charge is 2.37. The van der Waals surface area contributed by atoms with Crippen LogP contribution in [0.4, 0.5) is 17.1 Å². The maximum atomic E-state index is 14.3. The first-order valence-electron chi connectivity index (χ1n) is 28.9. The van der Waals surface area contributed by atoms with Gasteiger partial charge in [-0.15, -0.1) is 0 Å². The molecule has 15 heteroatoms. The highest BCUT2D eigenvalue weighted by Crippen LogP contribution is 2.40. The van der Waals surface area contributed by atoms with Gasteiger partial charge in [-0.25, -0.2) is 0 Å². The number of ketones is 1. The van der Waals surface area contributed by atoms with E-state index in [2.05, 4.69) is 62.8 Å². The van der Waals surface area contributed by atoms with E-state index in [4.69, 9.17) is 14.2 Å². The fourth-order valence-electron chi connectivity index (χ4n) is 11.7. The lowest BCUT2D eigenvalue weighted by molar-refractivity contribution is -0.122. The highest BCUT2D eigenvalue weighted by molar-refractivity contribution is 6.02. The van der Waals surface area contributed by atoms with Crippen molar-refractivity contribution in [3.8, 4) is 17.2 Å². The van der Waals surface area contributed by atoms with Gasteiger partial charge in [0.25, 0.3) is 11.8 Å². The summed E-state index contributed by atoms with van der Waals surface area (Å²) in [4.78, 5) is 78.1. The molecule has 4 aliphatic rings. The molecule has 4 amide bonds. The number of benzene rings is 5. The van der Waals surface area contributed by atoms with Crippen LogP contribution in [-0.2, 0) is 53.5 Å². The fourth-order valence-corrected chi connectivity index (χ4v) is 11.7. The molecule has 0 aromatic heterocycles. The van der Waals surface area contributed by atoms with E-state index in [9.17, 15) is 24.0 Å². The Bertz CT molecular complexity index is 3190. The Hall–Kier alpha value is -7.94. The maximum absolute atomic E-state index is 14.3. The van der Waals surface area contributed by atoms with E-state index >= 15 is 0 Å². The van der Waals surface area contributed by atoms with Gasteiger partial charge in [-0.2, -0.15) is 0 Å². The predicted molar refractivity (Wildman–Crippen MR) is 319 cm³/mol. The van der Waals surface area contributed by atoms with E-state index in [1.54, 1.807) is 19.4 Å². The van der Waals surface area contributed by atoms with Gasteiger partial charge < -0.3 is 44.9 Å². The Labute approximate surface area is 477 Å². The van der Waals surface area contributed by atoms with Crippen molar-refractivity contribution in [3.05, 3.63) is 153 Å². The summed E-state index contributed by atoms with van der Waals surface area (Å²) in [7, 11) is 3.59. The zero-order chi connectivity index (χ0) is 57.2. The van der Waals surface area contributed by atoms with E-state index in [0.29, 0.717) is 104 Å². The summed E-state index contributed by atoms with van der Waals surface area (Å²) in [5.74, 6) is 0.846. The Kier molecular flexibility index (Phi) is 18.9. The number of carbonyl (C=O) groups is 5. The number of nitrogens with zero attached hydrogens (tertiary/aromatic N) is 4. The largest absolute Gasteiger partial charge is 0.493 e. The number of likely N-dealkylation sites (N-methyl/N-ethyl adjacent to an activating group) is 1. The van der Waals surface area contributed by atoms with Gasteiger partial charge in [0, 0.05) is 88.8 Å². The zero-order valence-corrected chi connectivity index (χ0v) is 48.0. The molecule has 0 radical (unpaired) electrons. The molecule has 0 unspecified atom stereocenters. The Morgan fingerprint density at radius 1 is 0.753 bits per heavy atom. The quantitative estimate of drug-likeness (QED) is 0.0307. The van der Waals surface area contributed by atoms with Crippen LogP contribution >= 0.6 is 0 Å². The molecule has 5 aromatic carbocycles. The number of amides is 4.